The first-order valence-corrected chi connectivity index (χ1v) is 39.0. The molecule has 10 aliphatic rings. The SMILES string of the molecule is CC(=O)N[C@@H]1[C@@H](O[C@H]2[C@H](OC[C@@H]3O[C@H](O[C@H]4[C@H](O)[C@@H](NC(C)=O)[C@H](O[C@@H]5[C@@H](O)[C@H](NC(C)=O)[C@@H](O)O[C@H]5CO[C@H]5O[C@H](C)[C@H](O)[C@H](O)[C@H]5O)O[C@@H]4CO)[C@H](O)[C@H](O[C@H]4O[C@H](CO)[C@@H](O)[C@H](O)[C@@H]4O[C@@H]4O[C@H](CO)[C@@H](O[C@H]5O[C@@H](CO)[C@@H](O)[C@@H](O)[C@@H]5O)[C@H](O)[C@H]4NC(C)=O)[C@H]3O)O[C@@H](CO)[C@H](O)[C@H]2O)O[C@@H](CO)[C@H](O[C@@H]2O[C@H](CO)[C@H](O)[C@H](O)[C@H]2O)[C@H]1O. The highest BCUT2D eigenvalue weighted by Gasteiger charge is 2.62. The Morgan fingerprint density at radius 1 is 0.230 bits per heavy atom. The highest BCUT2D eigenvalue weighted by atomic mass is 16.8. The number of ether oxygens (including phenoxy) is 19. The zero-order valence-electron chi connectivity index (χ0n) is 65.7. The Labute approximate surface area is 691 Å². The van der Waals surface area contributed by atoms with E-state index in [1.807, 2.05) is 0 Å². The van der Waals surface area contributed by atoms with Crippen molar-refractivity contribution in [3.05, 3.63) is 0 Å². The van der Waals surface area contributed by atoms with Crippen LogP contribution in [0, 0.1) is 0 Å². The van der Waals surface area contributed by atoms with Crippen molar-refractivity contribution >= 4 is 23.6 Å². The van der Waals surface area contributed by atoms with Gasteiger partial charge in [-0.3, -0.25) is 19.2 Å². The number of amides is 4. The van der Waals surface area contributed by atoms with Crippen LogP contribution < -0.4 is 21.3 Å². The molecule has 10 heterocycles. The summed E-state index contributed by atoms with van der Waals surface area (Å²) in [6, 6.07) is -7.69. The second-order valence-electron chi connectivity index (χ2n) is 31.0. The molecule has 0 aromatic carbocycles. The van der Waals surface area contributed by atoms with Crippen molar-refractivity contribution in [2.75, 3.05) is 59.5 Å². The quantitative estimate of drug-likeness (QED) is 0.0306. The molecule has 50 atom stereocenters. The van der Waals surface area contributed by atoms with Crippen LogP contribution >= 0.6 is 0 Å². The van der Waals surface area contributed by atoms with Crippen molar-refractivity contribution in [3.8, 4) is 0 Å². The molecule has 31 N–H and O–H groups in total. The second kappa shape index (κ2) is 43.6. The summed E-state index contributed by atoms with van der Waals surface area (Å²) >= 11 is 0. The molecule has 10 fully saturated rings. The molecule has 0 radical (unpaired) electrons. The van der Waals surface area contributed by atoms with Crippen molar-refractivity contribution in [2.45, 2.75) is 341 Å². The van der Waals surface area contributed by atoms with Gasteiger partial charge in [-0.05, 0) is 6.92 Å². The number of aliphatic hydroxyl groups excluding tert-OH is 27. The number of hydrogen-bond donors (Lipinski definition) is 31. The predicted molar refractivity (Wildman–Crippen MR) is 375 cm³/mol. The average molecular weight is 1790 g/mol. The zero-order chi connectivity index (χ0) is 89.8. The van der Waals surface area contributed by atoms with Crippen molar-refractivity contribution in [3.63, 3.8) is 0 Å². The summed E-state index contributed by atoms with van der Waals surface area (Å²) in [6.07, 6.45) is -95.2. The molecule has 54 nitrogen and oxygen atoms in total. The monoisotopic (exact) mass is 1790 g/mol. The Balaban J connectivity index is 0.983. The topological polar surface area (TPSA) is 838 Å². The minimum Gasteiger partial charge on any atom is -0.394 e. The summed E-state index contributed by atoms with van der Waals surface area (Å²) in [5.74, 6) is -3.76. The number of carbonyl (C=O) groups is 4. The predicted octanol–water partition coefficient (Wildman–Crippen LogP) is -21.2. The van der Waals surface area contributed by atoms with Gasteiger partial charge < -0.3 is 249 Å². The van der Waals surface area contributed by atoms with Crippen molar-refractivity contribution in [1.29, 1.82) is 0 Å². The van der Waals surface area contributed by atoms with Gasteiger partial charge in [-0.1, -0.05) is 0 Å². The first-order valence-electron chi connectivity index (χ1n) is 39.0. The van der Waals surface area contributed by atoms with Crippen LogP contribution in [-0.4, -0.2) is 528 Å². The maximum Gasteiger partial charge on any atom is 0.217 e. The fraction of sp³-hybridized carbons (Fsp3) is 0.941. The van der Waals surface area contributed by atoms with Crippen LogP contribution in [0.3, 0.4) is 0 Å². The van der Waals surface area contributed by atoms with E-state index < -0.39 is 390 Å². The van der Waals surface area contributed by atoms with E-state index in [9.17, 15) is 157 Å². The molecule has 0 bridgehead atoms. The minimum absolute atomic E-state index is 0.846. The van der Waals surface area contributed by atoms with Gasteiger partial charge in [-0.15, -0.1) is 0 Å². The lowest BCUT2D eigenvalue weighted by molar-refractivity contribution is -0.399. The third-order valence-electron chi connectivity index (χ3n) is 22.4. The van der Waals surface area contributed by atoms with Gasteiger partial charge in [0.05, 0.1) is 65.6 Å². The van der Waals surface area contributed by atoms with Crippen molar-refractivity contribution < 1.29 is 247 Å². The van der Waals surface area contributed by atoms with E-state index in [-0.39, 0.29) is 0 Å². The van der Waals surface area contributed by atoms with Gasteiger partial charge in [0.25, 0.3) is 0 Å². The number of carbonyl (C=O) groups excluding carboxylic acids is 4. The Morgan fingerprint density at radius 2 is 0.500 bits per heavy atom. The molecule has 122 heavy (non-hydrogen) atoms. The molecular formula is C68H114N4O50. The fourth-order valence-corrected chi connectivity index (χ4v) is 15.8. The molecule has 706 valence electrons. The molecule has 0 saturated carbocycles. The Kier molecular flexibility index (Phi) is 35.8. The molecule has 10 saturated heterocycles. The summed E-state index contributed by atoms with van der Waals surface area (Å²) in [5.41, 5.74) is 0. The standard InChI is InChI=1S/C68H114N4O50/c1-15-33(84)43(94)48(99)63(106-15)104-14-28-55(39(90)29(59(103)107-28)69-16(2)80)116-60-30(70-17(3)81)40(91)54(26(12-79)112-60)119-66-51(102)56(120-68-58(47(98)37(88)23(9-76)111-68)122-62-32(72-19(5)83)42(93)53(25(11-78)114-62)118-65-50(101)45(96)35(86)21(7-74)109-65)38(89)27(115-66)13-105-67-57(46(97)36(87)22(8-75)110-67)121-61-31(71-18(4)82)41(92)52(24(10-77)113-61)117-64-49(100)44(95)34(85)20(6-73)108-64/h15,20-68,73-79,84-103H,6-14H2,1-5H3,(H,69,80)(H,70,81)(H,71,82)(H,72,83)/t15-,20-,21+,22+,23-,24+,25-,26-,27+,28+,29+,30-,31+,32-,33+,34+,35-,36+,37-,38+,39+,40-,41+,42-,43+,44+,45-,46-,47+,48-,49-,50+,51-,52+,53-,54-,55+,56-,57-,58+,59+,60+,61-,62+,63+,64+,65-,66-,67-,68-/m1/s1. The van der Waals surface area contributed by atoms with Crippen LogP contribution in [0.1, 0.15) is 34.6 Å². The smallest absolute Gasteiger partial charge is 0.217 e. The van der Waals surface area contributed by atoms with Crippen LogP contribution in [0.4, 0.5) is 0 Å². The van der Waals surface area contributed by atoms with E-state index in [0.29, 0.717) is 0 Å². The van der Waals surface area contributed by atoms with E-state index >= 15 is 0 Å². The van der Waals surface area contributed by atoms with Gasteiger partial charge >= 0.3 is 0 Å². The Morgan fingerprint density at radius 3 is 0.893 bits per heavy atom. The first-order chi connectivity index (χ1) is 57.7. The molecule has 0 aromatic rings. The lowest BCUT2D eigenvalue weighted by Crippen LogP contribution is -2.71. The molecule has 10 rings (SSSR count). The average Bonchev–Trinajstić information content (AvgIpc) is 0.771. The summed E-state index contributed by atoms with van der Waals surface area (Å²) in [7, 11) is 0. The molecule has 4 amide bonds. The van der Waals surface area contributed by atoms with Crippen LogP contribution in [0.2, 0.25) is 0 Å². The van der Waals surface area contributed by atoms with Crippen molar-refractivity contribution in [1.82, 2.24) is 21.3 Å². The van der Waals surface area contributed by atoms with E-state index in [2.05, 4.69) is 21.3 Å². The minimum atomic E-state index is -2.63. The Bertz CT molecular complexity index is 3290. The van der Waals surface area contributed by atoms with Gasteiger partial charge in [0.15, 0.2) is 62.9 Å². The maximum absolute atomic E-state index is 13.3. The third-order valence-corrected chi connectivity index (χ3v) is 22.4. The zero-order valence-corrected chi connectivity index (χ0v) is 65.7. The molecule has 0 unspecified atom stereocenters. The number of rotatable bonds is 31. The molecule has 0 aromatic heterocycles. The number of hydrogen-bond acceptors (Lipinski definition) is 50. The third kappa shape index (κ3) is 22.0. The number of aliphatic hydroxyl groups is 27. The normalized spacial score (nSPS) is 49.7. The number of nitrogens with one attached hydrogen (secondary N) is 4. The van der Waals surface area contributed by atoms with Crippen molar-refractivity contribution in [2.24, 2.45) is 0 Å². The summed E-state index contributed by atoms with van der Waals surface area (Å²) < 4.78 is 113. The van der Waals surface area contributed by atoms with Gasteiger partial charge in [-0.25, -0.2) is 0 Å². The van der Waals surface area contributed by atoms with E-state index in [1.165, 1.54) is 6.92 Å². The van der Waals surface area contributed by atoms with Gasteiger partial charge in [0.1, 0.15) is 238 Å². The maximum atomic E-state index is 13.3. The largest absolute Gasteiger partial charge is 0.394 e. The molecule has 10 aliphatic heterocycles. The highest BCUT2D eigenvalue weighted by Crippen LogP contribution is 2.41. The lowest BCUT2D eigenvalue weighted by Gasteiger charge is -2.51. The van der Waals surface area contributed by atoms with E-state index in [0.717, 1.165) is 27.7 Å². The molecular weight excluding hydrogens is 1670 g/mol. The van der Waals surface area contributed by atoms with Crippen LogP contribution in [-0.2, 0) is 109 Å². The summed E-state index contributed by atoms with van der Waals surface area (Å²) in [4.78, 5) is 51.6. The second-order valence-corrected chi connectivity index (χ2v) is 31.0. The first kappa shape index (κ1) is 100. The van der Waals surface area contributed by atoms with Gasteiger partial charge in [0, 0.05) is 27.7 Å². The van der Waals surface area contributed by atoms with Crippen LogP contribution in [0.25, 0.3) is 0 Å². The summed E-state index contributed by atoms with van der Waals surface area (Å²) in [6.45, 7) is -4.83. The fourth-order valence-electron chi connectivity index (χ4n) is 15.8. The van der Waals surface area contributed by atoms with Crippen LogP contribution in [0.15, 0.2) is 0 Å². The van der Waals surface area contributed by atoms with Crippen LogP contribution in [0.5, 0.6) is 0 Å². The highest BCUT2D eigenvalue weighted by molar-refractivity contribution is 5.74. The molecule has 0 spiro atoms. The summed E-state index contributed by atoms with van der Waals surface area (Å²) in [5, 5.41) is 310. The van der Waals surface area contributed by atoms with E-state index in [1.54, 1.807) is 0 Å². The Hall–Kier alpha value is -3.96. The van der Waals surface area contributed by atoms with E-state index in [4.69, 9.17) is 90.0 Å². The van der Waals surface area contributed by atoms with Gasteiger partial charge in [0.2, 0.25) is 23.6 Å². The molecule has 54 heteroatoms. The lowest BCUT2D eigenvalue weighted by atomic mass is 9.93. The molecule has 0 aliphatic carbocycles. The van der Waals surface area contributed by atoms with Gasteiger partial charge in [-0.2, -0.15) is 0 Å².